The number of ketones is 1. The van der Waals surface area contributed by atoms with Crippen LogP contribution in [0.2, 0.25) is 0 Å². The lowest BCUT2D eigenvalue weighted by Crippen LogP contribution is -2.27. The predicted molar refractivity (Wildman–Crippen MR) is 159 cm³/mol. The third kappa shape index (κ3) is 31.8. The summed E-state index contributed by atoms with van der Waals surface area (Å²) >= 11 is 0. The van der Waals surface area contributed by atoms with Gasteiger partial charge in [0.25, 0.3) is 0 Å². The molecule has 1 rings (SSSR count). The Balaban J connectivity index is -0.000000200. The number of carbonyl (C=O) groups is 3. The van der Waals surface area contributed by atoms with Crippen molar-refractivity contribution in [3.63, 3.8) is 0 Å². The molecule has 1 atom stereocenters. The van der Waals surface area contributed by atoms with Crippen LogP contribution < -0.4 is 16.4 Å². The van der Waals surface area contributed by atoms with Crippen LogP contribution in [0.25, 0.3) is 0 Å². The number of hydrogen-bond acceptors (Lipinski definition) is 5. The number of amides is 1. The van der Waals surface area contributed by atoms with Gasteiger partial charge in [-0.15, -0.1) is 0 Å². The second-order valence-corrected chi connectivity index (χ2v) is 9.04. The zero-order valence-corrected chi connectivity index (χ0v) is 25.4. The van der Waals surface area contributed by atoms with E-state index in [1.165, 1.54) is 11.1 Å². The number of hydrogen-bond donors (Lipinski definition) is 3. The maximum Gasteiger partial charge on any atom is 0.222 e. The Morgan fingerprint density at radius 1 is 1.00 bits per heavy atom. The average Bonchev–Trinajstić information content (AvgIpc) is 2.83. The fourth-order valence-corrected chi connectivity index (χ4v) is 2.65. The van der Waals surface area contributed by atoms with Crippen molar-refractivity contribution in [2.45, 2.75) is 108 Å². The molecule has 0 heterocycles. The van der Waals surface area contributed by atoms with Gasteiger partial charge >= 0.3 is 0 Å². The van der Waals surface area contributed by atoms with E-state index in [0.717, 1.165) is 50.1 Å². The maximum atomic E-state index is 11.2. The van der Waals surface area contributed by atoms with Crippen molar-refractivity contribution in [1.29, 1.82) is 0 Å². The van der Waals surface area contributed by atoms with Crippen LogP contribution in [0, 0.1) is 25.7 Å². The van der Waals surface area contributed by atoms with Gasteiger partial charge in [0.1, 0.15) is 12.1 Å². The number of carbonyl (C=O) groups excluding carboxylic acids is 3. The van der Waals surface area contributed by atoms with Crippen molar-refractivity contribution < 1.29 is 14.4 Å². The van der Waals surface area contributed by atoms with E-state index < -0.39 is 0 Å². The monoisotopic (exact) mass is 509 g/mol. The fraction of sp³-hybridized carbons (Fsp3) is 0.700. The highest BCUT2D eigenvalue weighted by Crippen LogP contribution is 2.13. The van der Waals surface area contributed by atoms with Gasteiger partial charge in [0, 0.05) is 44.6 Å². The molecule has 0 saturated carbocycles. The molecule has 6 nitrogen and oxygen atoms in total. The summed E-state index contributed by atoms with van der Waals surface area (Å²) in [7, 11) is 1.63. The topological polar surface area (TPSA) is 101 Å². The molecule has 0 spiro atoms. The summed E-state index contributed by atoms with van der Waals surface area (Å²) in [4.78, 5) is 31.3. The van der Waals surface area contributed by atoms with Gasteiger partial charge in [0.2, 0.25) is 5.91 Å². The summed E-state index contributed by atoms with van der Waals surface area (Å²) in [5.41, 5.74) is 9.18. The molecule has 0 fully saturated rings. The van der Waals surface area contributed by atoms with Crippen molar-refractivity contribution in [2.24, 2.45) is 17.6 Å². The highest BCUT2D eigenvalue weighted by Gasteiger charge is 2.14. The van der Waals surface area contributed by atoms with Crippen molar-refractivity contribution >= 4 is 23.7 Å². The van der Waals surface area contributed by atoms with Crippen LogP contribution in [0.3, 0.4) is 0 Å². The minimum absolute atomic E-state index is 0.0187. The van der Waals surface area contributed by atoms with Crippen LogP contribution in [0.5, 0.6) is 0 Å². The smallest absolute Gasteiger partial charge is 0.222 e. The van der Waals surface area contributed by atoms with Crippen LogP contribution in [-0.4, -0.2) is 38.1 Å². The number of nitrogens with two attached hydrogens (primary N) is 1. The number of rotatable bonds is 11. The molecule has 0 saturated heterocycles. The number of nitrogens with one attached hydrogen (secondary N) is 2. The van der Waals surface area contributed by atoms with Gasteiger partial charge in [-0.1, -0.05) is 61.0 Å². The van der Waals surface area contributed by atoms with Gasteiger partial charge in [-0.25, -0.2) is 0 Å². The lowest BCUT2D eigenvalue weighted by molar-refractivity contribution is -0.125. The van der Waals surface area contributed by atoms with Gasteiger partial charge in [-0.2, -0.15) is 0 Å². The molecule has 0 aliphatic rings. The van der Waals surface area contributed by atoms with Gasteiger partial charge < -0.3 is 26.0 Å². The number of Topliss-reactive ketones (excluding diaryl/α,β-unsaturated/α-hetero) is 1. The number of aldehydes is 1. The summed E-state index contributed by atoms with van der Waals surface area (Å²) in [6, 6.07) is 6.34. The Labute approximate surface area is 223 Å². The maximum absolute atomic E-state index is 11.2. The van der Waals surface area contributed by atoms with Crippen LogP contribution in [-0.2, 0) is 14.4 Å². The number of anilines is 1. The van der Waals surface area contributed by atoms with E-state index in [4.69, 9.17) is 5.73 Å². The highest BCUT2D eigenvalue weighted by molar-refractivity contribution is 5.78. The summed E-state index contributed by atoms with van der Waals surface area (Å²) in [5.74, 6) is 1.20. The molecule has 0 aliphatic heterocycles. The van der Waals surface area contributed by atoms with E-state index in [1.54, 1.807) is 14.0 Å². The van der Waals surface area contributed by atoms with Crippen LogP contribution in [0.1, 0.15) is 105 Å². The van der Waals surface area contributed by atoms with E-state index in [-0.39, 0.29) is 17.6 Å². The molecule has 0 radical (unpaired) electrons. The molecule has 1 aromatic rings. The van der Waals surface area contributed by atoms with E-state index in [2.05, 4.69) is 63.5 Å². The molecule has 212 valence electrons. The quantitative estimate of drug-likeness (QED) is 0.283. The van der Waals surface area contributed by atoms with Gasteiger partial charge in [-0.05, 0) is 69.2 Å². The van der Waals surface area contributed by atoms with Crippen molar-refractivity contribution in [3.8, 4) is 0 Å². The Hall–Kier alpha value is -2.21. The predicted octanol–water partition coefficient (Wildman–Crippen LogP) is 6.87. The van der Waals surface area contributed by atoms with Gasteiger partial charge in [0.05, 0.1) is 0 Å². The molecule has 1 amide bonds. The van der Waals surface area contributed by atoms with Crippen molar-refractivity contribution in [2.75, 3.05) is 25.5 Å². The molecular weight excluding hydrogens is 450 g/mol. The number of aryl methyl sites for hydroxylation is 2. The Kier molecular flexibility index (Phi) is 35.0. The molecule has 0 aliphatic carbocycles. The first-order valence-corrected chi connectivity index (χ1v) is 13.7. The van der Waals surface area contributed by atoms with E-state index >= 15 is 0 Å². The molecule has 1 unspecified atom stereocenters. The lowest BCUT2D eigenvalue weighted by atomic mass is 9.97. The number of benzene rings is 1. The normalized spacial score (nSPS) is 9.92. The third-order valence-corrected chi connectivity index (χ3v) is 4.47. The Morgan fingerprint density at radius 3 is 1.89 bits per heavy atom. The molecule has 0 aromatic heterocycles. The van der Waals surface area contributed by atoms with Crippen molar-refractivity contribution in [3.05, 3.63) is 29.3 Å². The molecule has 1 aromatic carbocycles. The summed E-state index contributed by atoms with van der Waals surface area (Å²) < 4.78 is 0. The largest absolute Gasteiger partial charge is 0.384 e. The van der Waals surface area contributed by atoms with Gasteiger partial charge in [0.15, 0.2) is 0 Å². The van der Waals surface area contributed by atoms with E-state index in [9.17, 15) is 14.4 Å². The van der Waals surface area contributed by atoms with E-state index in [1.807, 2.05) is 27.7 Å². The minimum atomic E-state index is 0.0187. The van der Waals surface area contributed by atoms with Gasteiger partial charge in [-0.3, -0.25) is 4.79 Å². The van der Waals surface area contributed by atoms with Crippen LogP contribution >= 0.6 is 0 Å². The minimum Gasteiger partial charge on any atom is -0.384 e. The zero-order chi connectivity index (χ0) is 28.9. The lowest BCUT2D eigenvalue weighted by Gasteiger charge is -2.12. The first kappa shape index (κ1) is 40.9. The first-order chi connectivity index (χ1) is 17.0. The van der Waals surface area contributed by atoms with Crippen molar-refractivity contribution in [1.82, 2.24) is 5.32 Å². The molecular formula is C30H59N3O3. The molecule has 36 heavy (non-hydrogen) atoms. The average molecular weight is 510 g/mol. The Bertz CT molecular complexity index is 644. The Morgan fingerprint density at radius 2 is 1.56 bits per heavy atom. The molecule has 6 heteroatoms. The summed E-state index contributed by atoms with van der Waals surface area (Å²) in [5, 5.41) is 5.84. The van der Waals surface area contributed by atoms with Crippen LogP contribution in [0.15, 0.2) is 18.2 Å². The molecule has 0 bridgehead atoms. The second-order valence-electron chi connectivity index (χ2n) is 9.04. The summed E-state index contributed by atoms with van der Waals surface area (Å²) in [6.45, 7) is 21.9. The molecule has 4 N–H and O–H groups in total. The second kappa shape index (κ2) is 30.8. The third-order valence-electron chi connectivity index (χ3n) is 4.47. The summed E-state index contributed by atoms with van der Waals surface area (Å²) in [6.07, 6.45) is 5.60. The van der Waals surface area contributed by atoms with E-state index in [0.29, 0.717) is 19.4 Å². The van der Waals surface area contributed by atoms with Crippen LogP contribution in [0.4, 0.5) is 5.69 Å². The first-order valence-electron chi connectivity index (χ1n) is 13.7. The zero-order valence-electron chi connectivity index (χ0n) is 25.4. The fourth-order valence-electron chi connectivity index (χ4n) is 2.65. The highest BCUT2D eigenvalue weighted by atomic mass is 16.2. The SMILES string of the molecule is CC.CC(C)C.CCCC(C)=O.CCCC(CCC=O)C(=O)NC.Cc1ccc(NCCN)cc1C. The standard InChI is InChI=1S/C10H16N2.C9H17NO2.C5H10O.C4H10.C2H6/c1-8-3-4-10(7-9(8)2)12-6-5-11;1-3-5-8(6-4-7-11)9(12)10-2;1-3-4-5(2)6;1-4(2)3;1-2/h3-4,7,12H,5-6,11H2,1-2H3;7-8H,3-6H2,1-2H3,(H,10,12);3-4H2,1-2H3;4H,1-3H3;1-2H3.